The van der Waals surface area contributed by atoms with Crippen molar-refractivity contribution in [2.45, 2.75) is 13.3 Å². The lowest BCUT2D eigenvalue weighted by molar-refractivity contribution is -0.147. The molecule has 0 bridgehead atoms. The Morgan fingerprint density at radius 1 is 1.32 bits per heavy atom. The highest BCUT2D eigenvalue weighted by Crippen LogP contribution is 2.33. The van der Waals surface area contributed by atoms with Crippen molar-refractivity contribution in [2.75, 3.05) is 13.1 Å². The molecule has 2 aromatic rings. The van der Waals surface area contributed by atoms with E-state index < -0.39 is 11.4 Å². The number of amides is 1. The van der Waals surface area contributed by atoms with Crippen LogP contribution in [0.5, 0.6) is 0 Å². The van der Waals surface area contributed by atoms with Gasteiger partial charge in [-0.2, -0.15) is 0 Å². The molecule has 0 radical (unpaired) electrons. The number of nitrogens with zero attached hydrogens (tertiary/aromatic N) is 2. The predicted octanol–water partition coefficient (Wildman–Crippen LogP) is 2.75. The van der Waals surface area contributed by atoms with Gasteiger partial charge in [0.25, 0.3) is 5.91 Å². The second-order valence-corrected chi connectivity index (χ2v) is 6.59. The first kappa shape index (κ1) is 14.7. The van der Waals surface area contributed by atoms with E-state index in [-0.39, 0.29) is 12.5 Å². The van der Waals surface area contributed by atoms with Gasteiger partial charge in [0.1, 0.15) is 5.69 Å². The van der Waals surface area contributed by atoms with Gasteiger partial charge in [-0.05, 0) is 18.9 Å². The summed E-state index contributed by atoms with van der Waals surface area (Å²) in [4.78, 5) is 30.6. The number of likely N-dealkylation sites (tertiary alicyclic amines) is 1. The summed E-state index contributed by atoms with van der Waals surface area (Å²) in [5.41, 5.74) is 2.15. The summed E-state index contributed by atoms with van der Waals surface area (Å²) in [5.74, 6) is -1.05. The molecule has 114 valence electrons. The molecular weight excluding hydrogens is 300 g/mol. The molecule has 5 nitrogen and oxygen atoms in total. The third kappa shape index (κ3) is 2.50. The van der Waals surface area contributed by atoms with Crippen molar-refractivity contribution in [3.05, 3.63) is 41.5 Å². The van der Waals surface area contributed by atoms with E-state index in [1.807, 2.05) is 30.3 Å². The number of aliphatic carboxylic acids is 1. The Hall–Kier alpha value is -2.21. The fourth-order valence-electron chi connectivity index (χ4n) is 2.65. The zero-order chi connectivity index (χ0) is 15.7. The smallest absolute Gasteiger partial charge is 0.311 e. The Kier molecular flexibility index (Phi) is 3.70. The number of carbonyl (C=O) groups is 2. The molecule has 0 saturated carbocycles. The number of carbonyl (C=O) groups excluding carboxylic acids is 1. The van der Waals surface area contributed by atoms with E-state index in [2.05, 4.69) is 4.98 Å². The molecule has 0 spiro atoms. The zero-order valence-corrected chi connectivity index (χ0v) is 13.0. The van der Waals surface area contributed by atoms with Gasteiger partial charge in [0, 0.05) is 13.1 Å². The van der Waals surface area contributed by atoms with Gasteiger partial charge in [0.2, 0.25) is 0 Å². The Morgan fingerprint density at radius 2 is 2.05 bits per heavy atom. The van der Waals surface area contributed by atoms with Gasteiger partial charge in [-0.15, -0.1) is 11.3 Å². The molecule has 1 aromatic heterocycles. The summed E-state index contributed by atoms with van der Waals surface area (Å²) in [6.07, 6.45) is 0.471. The molecule has 1 N–H and O–H groups in total. The normalized spacial score (nSPS) is 21.0. The highest BCUT2D eigenvalue weighted by atomic mass is 32.1. The molecule has 3 rings (SSSR count). The molecule has 1 aliphatic heterocycles. The van der Waals surface area contributed by atoms with E-state index in [1.54, 1.807) is 17.3 Å². The lowest BCUT2D eigenvalue weighted by Gasteiger charge is -2.19. The summed E-state index contributed by atoms with van der Waals surface area (Å²) < 4.78 is 0. The van der Waals surface area contributed by atoms with Crippen LogP contribution in [-0.4, -0.2) is 40.0 Å². The Balaban J connectivity index is 1.86. The van der Waals surface area contributed by atoms with Crippen LogP contribution in [0.4, 0.5) is 0 Å². The summed E-state index contributed by atoms with van der Waals surface area (Å²) >= 11 is 1.42. The largest absolute Gasteiger partial charge is 0.481 e. The molecule has 1 fully saturated rings. The Bertz CT molecular complexity index is 713. The van der Waals surface area contributed by atoms with Crippen LogP contribution in [0.3, 0.4) is 0 Å². The highest BCUT2D eigenvalue weighted by molar-refractivity contribution is 7.13. The first-order chi connectivity index (χ1) is 10.5. The maximum Gasteiger partial charge on any atom is 0.311 e. The first-order valence-corrected chi connectivity index (χ1v) is 7.91. The van der Waals surface area contributed by atoms with E-state index in [1.165, 1.54) is 11.3 Å². The number of hydrogen-bond acceptors (Lipinski definition) is 4. The van der Waals surface area contributed by atoms with Crippen molar-refractivity contribution < 1.29 is 14.7 Å². The lowest BCUT2D eigenvalue weighted by atomic mass is 9.90. The summed E-state index contributed by atoms with van der Waals surface area (Å²) in [7, 11) is 0. The van der Waals surface area contributed by atoms with Gasteiger partial charge in [-0.1, -0.05) is 30.3 Å². The summed E-state index contributed by atoms with van der Waals surface area (Å²) in [6, 6.07) is 9.64. The van der Waals surface area contributed by atoms with Crippen LogP contribution >= 0.6 is 11.3 Å². The molecule has 2 heterocycles. The SMILES string of the molecule is CC1(C(=O)O)CCN(C(=O)c2ncsc2-c2ccccc2)C1. The minimum absolute atomic E-state index is 0.190. The average Bonchev–Trinajstić information content (AvgIpc) is 3.15. The summed E-state index contributed by atoms with van der Waals surface area (Å²) in [6.45, 7) is 2.36. The van der Waals surface area contributed by atoms with Crippen molar-refractivity contribution in [1.29, 1.82) is 0 Å². The van der Waals surface area contributed by atoms with Crippen molar-refractivity contribution >= 4 is 23.2 Å². The number of hydrogen-bond donors (Lipinski definition) is 1. The van der Waals surface area contributed by atoms with E-state index in [4.69, 9.17) is 0 Å². The molecule has 0 aliphatic carbocycles. The average molecular weight is 316 g/mol. The molecule has 22 heavy (non-hydrogen) atoms. The number of carboxylic acid groups (broad SMARTS) is 1. The minimum Gasteiger partial charge on any atom is -0.481 e. The standard InChI is InChI=1S/C16H16N2O3S/c1-16(15(20)21)7-8-18(9-16)14(19)12-13(22-10-17-12)11-5-3-2-4-6-11/h2-6,10H,7-9H2,1H3,(H,20,21). The van der Waals surface area contributed by atoms with E-state index in [0.717, 1.165) is 10.4 Å². The van der Waals surface area contributed by atoms with E-state index >= 15 is 0 Å². The second-order valence-electron chi connectivity index (χ2n) is 5.74. The number of rotatable bonds is 3. The van der Waals surface area contributed by atoms with Gasteiger partial charge in [0.05, 0.1) is 15.8 Å². The molecule has 1 aromatic carbocycles. The van der Waals surface area contributed by atoms with Crippen LogP contribution in [0.25, 0.3) is 10.4 Å². The van der Waals surface area contributed by atoms with Crippen molar-refractivity contribution in [3.8, 4) is 10.4 Å². The van der Waals surface area contributed by atoms with Gasteiger partial charge in [0.15, 0.2) is 0 Å². The molecule has 1 unspecified atom stereocenters. The quantitative estimate of drug-likeness (QED) is 0.945. The van der Waals surface area contributed by atoms with Crippen LogP contribution in [0.2, 0.25) is 0 Å². The molecule has 1 atom stereocenters. The number of aromatic nitrogens is 1. The van der Waals surface area contributed by atoms with Gasteiger partial charge in [-0.3, -0.25) is 9.59 Å². The molecule has 1 amide bonds. The monoisotopic (exact) mass is 316 g/mol. The fourth-order valence-corrected chi connectivity index (χ4v) is 3.44. The minimum atomic E-state index is -0.863. The molecular formula is C16H16N2O3S. The van der Waals surface area contributed by atoms with Crippen LogP contribution in [0.15, 0.2) is 35.8 Å². The number of thiazole rings is 1. The van der Waals surface area contributed by atoms with Gasteiger partial charge in [-0.25, -0.2) is 4.98 Å². The molecule has 1 aliphatic rings. The third-order valence-corrected chi connectivity index (χ3v) is 4.96. The van der Waals surface area contributed by atoms with Crippen LogP contribution in [0.1, 0.15) is 23.8 Å². The van der Waals surface area contributed by atoms with Crippen molar-refractivity contribution in [3.63, 3.8) is 0 Å². The second kappa shape index (κ2) is 5.53. The van der Waals surface area contributed by atoms with E-state index in [9.17, 15) is 14.7 Å². The van der Waals surface area contributed by atoms with Crippen molar-refractivity contribution in [2.24, 2.45) is 5.41 Å². The predicted molar refractivity (Wildman–Crippen MR) is 83.8 cm³/mol. The maximum absolute atomic E-state index is 12.7. The van der Waals surface area contributed by atoms with E-state index in [0.29, 0.717) is 18.7 Å². The third-order valence-electron chi connectivity index (χ3n) is 4.08. The zero-order valence-electron chi connectivity index (χ0n) is 12.2. The lowest BCUT2D eigenvalue weighted by Crippen LogP contribution is -2.35. The number of benzene rings is 1. The van der Waals surface area contributed by atoms with Crippen LogP contribution in [0, 0.1) is 5.41 Å². The fraction of sp³-hybridized carbons (Fsp3) is 0.312. The topological polar surface area (TPSA) is 70.5 Å². The maximum atomic E-state index is 12.7. The van der Waals surface area contributed by atoms with Crippen molar-refractivity contribution in [1.82, 2.24) is 9.88 Å². The Morgan fingerprint density at radius 3 is 2.68 bits per heavy atom. The summed E-state index contributed by atoms with van der Waals surface area (Å²) in [5, 5.41) is 9.28. The first-order valence-electron chi connectivity index (χ1n) is 7.03. The van der Waals surface area contributed by atoms with Crippen LogP contribution in [-0.2, 0) is 4.79 Å². The number of carboxylic acids is 1. The van der Waals surface area contributed by atoms with Gasteiger partial charge < -0.3 is 10.0 Å². The van der Waals surface area contributed by atoms with Gasteiger partial charge >= 0.3 is 5.97 Å². The highest BCUT2D eigenvalue weighted by Gasteiger charge is 2.42. The van der Waals surface area contributed by atoms with Crippen LogP contribution < -0.4 is 0 Å². The molecule has 1 saturated heterocycles. The molecule has 6 heteroatoms. The Labute approximate surface area is 132 Å².